The molecule has 1 aromatic carbocycles. The highest BCUT2D eigenvalue weighted by atomic mass is 32.2. The van der Waals surface area contributed by atoms with Crippen LogP contribution in [0.25, 0.3) is 11.3 Å². The third-order valence-corrected chi connectivity index (χ3v) is 6.28. The molecule has 118 valence electrons. The quantitative estimate of drug-likeness (QED) is 0.859. The van der Waals surface area contributed by atoms with Gasteiger partial charge in [0.1, 0.15) is 5.76 Å². The zero-order valence-corrected chi connectivity index (χ0v) is 13.6. The molecule has 0 spiro atoms. The largest absolute Gasteiger partial charge is 0.464 e. The van der Waals surface area contributed by atoms with Crippen molar-refractivity contribution in [3.63, 3.8) is 0 Å². The monoisotopic (exact) mass is 319 g/mol. The van der Waals surface area contributed by atoms with Crippen molar-refractivity contribution in [1.82, 2.24) is 4.31 Å². The molecule has 0 N–H and O–H groups in total. The van der Waals surface area contributed by atoms with Crippen LogP contribution in [0, 0.1) is 0 Å². The second kappa shape index (κ2) is 6.26. The standard InChI is InChI=1S/C17H21NO3S/c1-2-15-6-3-4-12-18(15)22(19,20)16-10-8-14(9-11-16)17-7-5-13-21-17/h5,7-11,13,15H,2-4,6,12H2,1H3. The predicted octanol–water partition coefficient (Wildman–Crippen LogP) is 3.90. The lowest BCUT2D eigenvalue weighted by Gasteiger charge is -2.34. The molecule has 1 unspecified atom stereocenters. The number of piperidine rings is 1. The Kier molecular flexibility index (Phi) is 4.36. The number of hydrogen-bond acceptors (Lipinski definition) is 3. The van der Waals surface area contributed by atoms with E-state index in [1.54, 1.807) is 34.8 Å². The van der Waals surface area contributed by atoms with Crippen LogP contribution in [0.2, 0.25) is 0 Å². The van der Waals surface area contributed by atoms with Crippen molar-refractivity contribution in [2.75, 3.05) is 6.54 Å². The Bertz CT molecular complexity index is 705. The highest BCUT2D eigenvalue weighted by Gasteiger charge is 2.32. The molecule has 2 aromatic rings. The maximum absolute atomic E-state index is 12.9. The lowest BCUT2D eigenvalue weighted by atomic mass is 10.0. The zero-order valence-electron chi connectivity index (χ0n) is 12.7. The lowest BCUT2D eigenvalue weighted by molar-refractivity contribution is 0.246. The van der Waals surface area contributed by atoms with Crippen LogP contribution in [0.4, 0.5) is 0 Å². The second-order valence-corrected chi connectivity index (χ2v) is 7.57. The van der Waals surface area contributed by atoms with E-state index in [2.05, 4.69) is 6.92 Å². The molecule has 0 aliphatic carbocycles. The van der Waals surface area contributed by atoms with Gasteiger partial charge in [-0.3, -0.25) is 0 Å². The Labute approximate surface area is 131 Å². The minimum absolute atomic E-state index is 0.128. The normalized spacial score (nSPS) is 20.1. The first-order valence-corrected chi connectivity index (χ1v) is 9.22. The van der Waals surface area contributed by atoms with Gasteiger partial charge >= 0.3 is 0 Å². The summed E-state index contributed by atoms with van der Waals surface area (Å²) in [6.07, 6.45) is 5.49. The van der Waals surface area contributed by atoms with Gasteiger partial charge in [-0.15, -0.1) is 0 Å². The fourth-order valence-electron chi connectivity index (χ4n) is 3.07. The molecular weight excluding hydrogens is 298 g/mol. The van der Waals surface area contributed by atoms with Crippen molar-refractivity contribution in [3.8, 4) is 11.3 Å². The maximum Gasteiger partial charge on any atom is 0.243 e. The van der Waals surface area contributed by atoms with Gasteiger partial charge < -0.3 is 4.42 Å². The second-order valence-electron chi connectivity index (χ2n) is 5.68. The molecule has 1 fully saturated rings. The highest BCUT2D eigenvalue weighted by molar-refractivity contribution is 7.89. The van der Waals surface area contributed by atoms with Gasteiger partial charge in [0.05, 0.1) is 11.2 Å². The van der Waals surface area contributed by atoms with Gasteiger partial charge in [-0.2, -0.15) is 4.31 Å². The van der Waals surface area contributed by atoms with E-state index >= 15 is 0 Å². The van der Waals surface area contributed by atoms with Crippen LogP contribution in [-0.4, -0.2) is 25.3 Å². The SMILES string of the molecule is CCC1CCCCN1S(=O)(=O)c1ccc(-c2ccco2)cc1. The Morgan fingerprint density at radius 1 is 1.18 bits per heavy atom. The smallest absolute Gasteiger partial charge is 0.243 e. The molecule has 1 aliphatic heterocycles. The molecular formula is C17H21NO3S. The molecule has 2 heterocycles. The Morgan fingerprint density at radius 2 is 1.95 bits per heavy atom. The van der Waals surface area contributed by atoms with Crippen LogP contribution < -0.4 is 0 Å². The van der Waals surface area contributed by atoms with Crippen LogP contribution in [0.1, 0.15) is 32.6 Å². The predicted molar refractivity (Wildman–Crippen MR) is 86.0 cm³/mol. The number of hydrogen-bond donors (Lipinski definition) is 0. The molecule has 0 bridgehead atoms. The van der Waals surface area contributed by atoms with Crippen molar-refractivity contribution in [2.45, 2.75) is 43.5 Å². The van der Waals surface area contributed by atoms with Crippen molar-refractivity contribution in [1.29, 1.82) is 0 Å². The number of nitrogens with zero attached hydrogens (tertiary/aromatic N) is 1. The first kappa shape index (κ1) is 15.3. The van der Waals surface area contributed by atoms with Crippen LogP contribution in [-0.2, 0) is 10.0 Å². The average Bonchev–Trinajstić information content (AvgIpc) is 3.09. The number of rotatable bonds is 4. The first-order chi connectivity index (χ1) is 10.6. The number of benzene rings is 1. The molecule has 4 nitrogen and oxygen atoms in total. The van der Waals surface area contributed by atoms with Gasteiger partial charge in [0.15, 0.2) is 0 Å². The van der Waals surface area contributed by atoms with Gasteiger partial charge in [0.25, 0.3) is 0 Å². The summed E-state index contributed by atoms with van der Waals surface area (Å²) >= 11 is 0. The topological polar surface area (TPSA) is 50.5 Å². The van der Waals surface area contributed by atoms with E-state index in [4.69, 9.17) is 4.42 Å². The summed E-state index contributed by atoms with van der Waals surface area (Å²) in [5.41, 5.74) is 0.884. The summed E-state index contributed by atoms with van der Waals surface area (Å²) in [5.74, 6) is 0.744. The molecule has 0 radical (unpaired) electrons. The van der Waals surface area contributed by atoms with Crippen LogP contribution >= 0.6 is 0 Å². The molecule has 0 amide bonds. The van der Waals surface area contributed by atoms with E-state index in [9.17, 15) is 8.42 Å². The van der Waals surface area contributed by atoms with E-state index in [1.807, 2.05) is 12.1 Å². The lowest BCUT2D eigenvalue weighted by Crippen LogP contribution is -2.43. The van der Waals surface area contributed by atoms with Crippen molar-refractivity contribution in [2.24, 2.45) is 0 Å². The minimum atomic E-state index is -3.41. The third-order valence-electron chi connectivity index (χ3n) is 4.31. The van der Waals surface area contributed by atoms with E-state index in [0.717, 1.165) is 37.0 Å². The van der Waals surface area contributed by atoms with Gasteiger partial charge in [0, 0.05) is 18.2 Å². The molecule has 22 heavy (non-hydrogen) atoms. The Morgan fingerprint density at radius 3 is 2.59 bits per heavy atom. The average molecular weight is 319 g/mol. The third kappa shape index (κ3) is 2.83. The van der Waals surface area contributed by atoms with E-state index < -0.39 is 10.0 Å². The van der Waals surface area contributed by atoms with Crippen LogP contribution in [0.5, 0.6) is 0 Å². The van der Waals surface area contributed by atoms with E-state index in [0.29, 0.717) is 11.4 Å². The maximum atomic E-state index is 12.9. The molecule has 5 heteroatoms. The minimum Gasteiger partial charge on any atom is -0.464 e. The molecule has 3 rings (SSSR count). The van der Waals surface area contributed by atoms with Crippen molar-refractivity contribution >= 4 is 10.0 Å². The molecule has 1 saturated heterocycles. The van der Waals surface area contributed by atoms with Gasteiger partial charge in [-0.25, -0.2) is 8.42 Å². The van der Waals surface area contributed by atoms with Gasteiger partial charge in [0.2, 0.25) is 10.0 Å². The summed E-state index contributed by atoms with van der Waals surface area (Å²) in [4.78, 5) is 0.364. The zero-order chi connectivity index (χ0) is 15.6. The molecule has 1 atom stereocenters. The van der Waals surface area contributed by atoms with Gasteiger partial charge in [-0.1, -0.05) is 13.3 Å². The number of furan rings is 1. The van der Waals surface area contributed by atoms with Crippen molar-refractivity contribution in [3.05, 3.63) is 42.7 Å². The summed E-state index contributed by atoms with van der Waals surface area (Å²) in [5, 5.41) is 0. The molecule has 1 aromatic heterocycles. The molecule has 0 saturated carbocycles. The van der Waals surface area contributed by atoms with E-state index in [1.165, 1.54) is 0 Å². The van der Waals surface area contributed by atoms with Crippen molar-refractivity contribution < 1.29 is 12.8 Å². The van der Waals surface area contributed by atoms with Gasteiger partial charge in [-0.05, 0) is 55.7 Å². The summed E-state index contributed by atoms with van der Waals surface area (Å²) in [7, 11) is -3.41. The Balaban J connectivity index is 1.88. The summed E-state index contributed by atoms with van der Waals surface area (Å²) in [6.45, 7) is 2.68. The van der Waals surface area contributed by atoms with E-state index in [-0.39, 0.29) is 6.04 Å². The van der Waals surface area contributed by atoms with Crippen LogP contribution in [0.3, 0.4) is 0 Å². The van der Waals surface area contributed by atoms with Crippen LogP contribution in [0.15, 0.2) is 52.0 Å². The fraction of sp³-hybridized carbons (Fsp3) is 0.412. The summed E-state index contributed by atoms with van der Waals surface area (Å²) < 4.78 is 32.7. The summed E-state index contributed by atoms with van der Waals surface area (Å²) in [6, 6.07) is 10.8. The molecule has 1 aliphatic rings. The Hall–Kier alpha value is -1.59. The number of sulfonamides is 1. The fourth-order valence-corrected chi connectivity index (χ4v) is 4.83. The first-order valence-electron chi connectivity index (χ1n) is 7.78. The highest BCUT2D eigenvalue weighted by Crippen LogP contribution is 2.28.